The minimum absolute atomic E-state index is 0.272. The number of alkyl halides is 1. The first-order chi connectivity index (χ1) is 6.50. The van der Waals surface area contributed by atoms with E-state index in [9.17, 15) is 4.39 Å². The summed E-state index contributed by atoms with van der Waals surface area (Å²) in [6.07, 6.45) is 1.65. The molecule has 0 aromatic carbocycles. The second kappa shape index (κ2) is 5.33. The van der Waals surface area contributed by atoms with Gasteiger partial charge < -0.3 is 11.1 Å². The lowest BCUT2D eigenvalue weighted by atomic mass is 10.0. The fourth-order valence-electron chi connectivity index (χ4n) is 1.88. The molecule has 1 saturated heterocycles. The van der Waals surface area contributed by atoms with Crippen molar-refractivity contribution in [2.45, 2.75) is 56.7 Å². The van der Waals surface area contributed by atoms with E-state index in [1.807, 2.05) is 0 Å². The van der Waals surface area contributed by atoms with Gasteiger partial charge in [-0.25, -0.2) is 4.39 Å². The third-order valence-corrected chi connectivity index (χ3v) is 3.62. The van der Waals surface area contributed by atoms with Crippen LogP contribution in [-0.2, 0) is 0 Å². The van der Waals surface area contributed by atoms with Crippen molar-refractivity contribution in [2.24, 2.45) is 11.7 Å². The highest BCUT2D eigenvalue weighted by atomic mass is 32.1. The van der Waals surface area contributed by atoms with E-state index in [-0.39, 0.29) is 11.4 Å². The minimum atomic E-state index is -0.869. The molecule has 0 amide bonds. The molecule has 1 heterocycles. The second-order valence-corrected chi connectivity index (χ2v) is 5.03. The molecule has 84 valence electrons. The van der Waals surface area contributed by atoms with Crippen LogP contribution in [0.25, 0.3) is 0 Å². The molecule has 3 N–H and O–H groups in total. The van der Waals surface area contributed by atoms with Crippen LogP contribution in [0.4, 0.5) is 4.39 Å². The maximum Gasteiger partial charge on any atom is 0.115 e. The predicted octanol–water partition coefficient (Wildman–Crippen LogP) is 1.71. The molecule has 0 aliphatic carbocycles. The Labute approximate surface area is 91.2 Å². The van der Waals surface area contributed by atoms with Crippen molar-refractivity contribution in [1.29, 1.82) is 0 Å². The number of rotatable bonds is 4. The summed E-state index contributed by atoms with van der Waals surface area (Å²) in [6.45, 7) is 3.89. The molecule has 0 aromatic heterocycles. The number of hydrogen-bond donors (Lipinski definition) is 3. The first-order valence-electron chi connectivity index (χ1n) is 5.34. The fourth-order valence-corrected chi connectivity index (χ4v) is 2.21. The van der Waals surface area contributed by atoms with E-state index >= 15 is 0 Å². The van der Waals surface area contributed by atoms with Gasteiger partial charge in [0.1, 0.15) is 6.17 Å². The fraction of sp³-hybridized carbons (Fsp3) is 1.00. The predicted molar refractivity (Wildman–Crippen MR) is 61.3 cm³/mol. The van der Waals surface area contributed by atoms with Gasteiger partial charge in [-0.2, -0.15) is 12.6 Å². The van der Waals surface area contributed by atoms with Gasteiger partial charge in [0.15, 0.2) is 0 Å². The normalized spacial score (nSPS) is 37.1. The summed E-state index contributed by atoms with van der Waals surface area (Å²) < 4.78 is 13.2. The number of hydrogen-bond acceptors (Lipinski definition) is 3. The minimum Gasteiger partial charge on any atom is -0.325 e. The number of nitrogens with two attached hydrogens (primary N) is 1. The highest BCUT2D eigenvalue weighted by Crippen LogP contribution is 2.25. The Morgan fingerprint density at radius 2 is 2.29 bits per heavy atom. The van der Waals surface area contributed by atoms with Crippen LogP contribution < -0.4 is 11.1 Å². The van der Waals surface area contributed by atoms with Crippen LogP contribution in [-0.4, -0.2) is 23.6 Å². The van der Waals surface area contributed by atoms with Crippen LogP contribution in [0.3, 0.4) is 0 Å². The van der Waals surface area contributed by atoms with Gasteiger partial charge in [0.2, 0.25) is 0 Å². The van der Waals surface area contributed by atoms with E-state index < -0.39 is 6.17 Å². The Kier molecular flexibility index (Phi) is 4.67. The van der Waals surface area contributed by atoms with Gasteiger partial charge in [-0.3, -0.25) is 0 Å². The summed E-state index contributed by atoms with van der Waals surface area (Å²) in [6, 6.07) is 0.0742. The molecule has 0 radical (unpaired) electrons. The van der Waals surface area contributed by atoms with Gasteiger partial charge in [-0.15, -0.1) is 0 Å². The molecule has 14 heavy (non-hydrogen) atoms. The van der Waals surface area contributed by atoms with Crippen molar-refractivity contribution in [3.8, 4) is 0 Å². The van der Waals surface area contributed by atoms with E-state index in [0.717, 1.165) is 12.8 Å². The van der Waals surface area contributed by atoms with Gasteiger partial charge in [0, 0.05) is 12.1 Å². The quantitative estimate of drug-likeness (QED) is 0.631. The molecule has 1 aliphatic heterocycles. The average Bonchev–Trinajstić information content (AvgIpc) is 2.42. The first-order valence-corrected chi connectivity index (χ1v) is 5.86. The lowest BCUT2D eigenvalue weighted by Gasteiger charge is -2.15. The zero-order valence-electron chi connectivity index (χ0n) is 8.91. The molecule has 1 aliphatic rings. The average molecular weight is 220 g/mol. The summed E-state index contributed by atoms with van der Waals surface area (Å²) >= 11 is 4.40. The SMILES string of the molecule is CC(N)C(F)CCC1CC(C)C(S)N1. The molecule has 4 heteroatoms. The zero-order chi connectivity index (χ0) is 10.7. The highest BCUT2D eigenvalue weighted by Gasteiger charge is 2.28. The largest absolute Gasteiger partial charge is 0.325 e. The van der Waals surface area contributed by atoms with Crippen LogP contribution in [0.2, 0.25) is 0 Å². The first kappa shape index (κ1) is 12.3. The maximum absolute atomic E-state index is 13.2. The Hall–Kier alpha value is 0.200. The molecule has 0 saturated carbocycles. The van der Waals surface area contributed by atoms with Crippen molar-refractivity contribution in [3.05, 3.63) is 0 Å². The van der Waals surface area contributed by atoms with Gasteiger partial charge >= 0.3 is 0 Å². The Bertz CT molecular complexity index is 168. The number of thiol groups is 1. The smallest absolute Gasteiger partial charge is 0.115 e. The summed E-state index contributed by atoms with van der Waals surface area (Å²) in [5.41, 5.74) is 5.46. The third kappa shape index (κ3) is 3.41. The lowest BCUT2D eigenvalue weighted by Crippen LogP contribution is -2.31. The molecule has 5 unspecified atom stereocenters. The zero-order valence-corrected chi connectivity index (χ0v) is 9.81. The summed E-state index contributed by atoms with van der Waals surface area (Å²) in [5, 5.41) is 3.63. The van der Waals surface area contributed by atoms with E-state index in [1.54, 1.807) is 6.92 Å². The van der Waals surface area contributed by atoms with Crippen LogP contribution in [0.5, 0.6) is 0 Å². The van der Waals surface area contributed by atoms with Crippen molar-refractivity contribution in [2.75, 3.05) is 0 Å². The number of halogens is 1. The topological polar surface area (TPSA) is 38.0 Å². The standard InChI is InChI=1S/C10H21FN2S/c1-6-5-8(13-10(6)14)3-4-9(11)7(2)12/h6-10,13-14H,3-5,12H2,1-2H3. The van der Waals surface area contributed by atoms with Crippen molar-refractivity contribution < 1.29 is 4.39 Å². The molecule has 0 spiro atoms. The monoisotopic (exact) mass is 220 g/mol. The highest BCUT2D eigenvalue weighted by molar-refractivity contribution is 7.80. The van der Waals surface area contributed by atoms with E-state index in [4.69, 9.17) is 5.73 Å². The second-order valence-electron chi connectivity index (χ2n) is 4.47. The maximum atomic E-state index is 13.2. The van der Waals surface area contributed by atoms with Crippen LogP contribution in [0.15, 0.2) is 0 Å². The van der Waals surface area contributed by atoms with E-state index in [2.05, 4.69) is 24.9 Å². The molecule has 2 nitrogen and oxygen atoms in total. The molecular formula is C10H21FN2S. The summed E-state index contributed by atoms with van der Waals surface area (Å²) in [7, 11) is 0. The van der Waals surface area contributed by atoms with E-state index in [0.29, 0.717) is 18.4 Å². The van der Waals surface area contributed by atoms with Crippen molar-refractivity contribution in [1.82, 2.24) is 5.32 Å². The Balaban J connectivity index is 2.20. The summed E-state index contributed by atoms with van der Waals surface area (Å²) in [4.78, 5) is 0. The molecule has 1 rings (SSSR count). The van der Waals surface area contributed by atoms with E-state index in [1.165, 1.54) is 0 Å². The Morgan fingerprint density at radius 1 is 1.64 bits per heavy atom. The van der Waals surface area contributed by atoms with Crippen LogP contribution in [0, 0.1) is 5.92 Å². The lowest BCUT2D eigenvalue weighted by molar-refractivity contribution is 0.261. The van der Waals surface area contributed by atoms with Gasteiger partial charge in [-0.1, -0.05) is 6.92 Å². The van der Waals surface area contributed by atoms with Gasteiger partial charge in [0.05, 0.1) is 5.37 Å². The van der Waals surface area contributed by atoms with Crippen LogP contribution >= 0.6 is 12.6 Å². The van der Waals surface area contributed by atoms with Gasteiger partial charge in [-0.05, 0) is 32.1 Å². The molecule has 0 bridgehead atoms. The molecule has 1 fully saturated rings. The number of nitrogens with one attached hydrogen (secondary N) is 1. The molecule has 0 aromatic rings. The van der Waals surface area contributed by atoms with Crippen LogP contribution in [0.1, 0.15) is 33.1 Å². The molecular weight excluding hydrogens is 199 g/mol. The Morgan fingerprint density at radius 3 is 2.71 bits per heavy atom. The summed E-state index contributed by atoms with van der Waals surface area (Å²) in [5.74, 6) is 0.580. The van der Waals surface area contributed by atoms with Gasteiger partial charge in [0.25, 0.3) is 0 Å². The van der Waals surface area contributed by atoms with Crippen molar-refractivity contribution in [3.63, 3.8) is 0 Å². The van der Waals surface area contributed by atoms with Crippen molar-refractivity contribution >= 4 is 12.6 Å². The third-order valence-electron chi connectivity index (χ3n) is 2.96. The molecule has 5 atom stereocenters.